The summed E-state index contributed by atoms with van der Waals surface area (Å²) in [6.07, 6.45) is 16.9. The molecule has 0 fully saturated rings. The second-order valence-corrected chi connectivity index (χ2v) is 19.5. The van der Waals surface area contributed by atoms with Crippen LogP contribution < -0.4 is 14.7 Å². The minimum atomic E-state index is -0.00741. The lowest BCUT2D eigenvalue weighted by molar-refractivity contribution is 0.512. The van der Waals surface area contributed by atoms with Crippen LogP contribution in [0.15, 0.2) is 236 Å². The van der Waals surface area contributed by atoms with E-state index in [2.05, 4.69) is 291 Å². The van der Waals surface area contributed by atoms with E-state index < -0.39 is 0 Å². The maximum Gasteiger partial charge on any atom is 0.0703 e. The van der Waals surface area contributed by atoms with Gasteiger partial charge in [0, 0.05) is 16.8 Å². The molecule has 9 aromatic rings. The van der Waals surface area contributed by atoms with Crippen molar-refractivity contribution in [3.8, 4) is 11.1 Å². The number of hydrogen-bond donors (Lipinski definition) is 0. The molecule has 12 rings (SSSR count). The van der Waals surface area contributed by atoms with Gasteiger partial charge in [0.2, 0.25) is 0 Å². The number of anilines is 8. The lowest BCUT2D eigenvalue weighted by Gasteiger charge is -2.40. The summed E-state index contributed by atoms with van der Waals surface area (Å²) in [4.78, 5) is 7.22. The van der Waals surface area contributed by atoms with Crippen molar-refractivity contribution in [3.63, 3.8) is 0 Å². The van der Waals surface area contributed by atoms with E-state index in [1.54, 1.807) is 0 Å². The summed E-state index contributed by atoms with van der Waals surface area (Å²) in [5.41, 5.74) is 23.0. The van der Waals surface area contributed by atoms with Crippen LogP contribution >= 0.6 is 0 Å². The summed E-state index contributed by atoms with van der Waals surface area (Å²) >= 11 is 0. The molecule has 0 unspecified atom stereocenters. The summed E-state index contributed by atoms with van der Waals surface area (Å²) in [5.74, 6) is 0. The number of allylic oxidation sites excluding steroid dienone is 5. The van der Waals surface area contributed by atoms with Crippen molar-refractivity contribution in [1.82, 2.24) is 0 Å². The highest BCUT2D eigenvalue weighted by Gasteiger charge is 2.32. The SMILES string of the molecule is C/C=C(\C=C/C1=C(C)CC(C)(C)c2cc(/C=C/c3ccc(-c4ccc(N5c6ccccc6C=Cc6ccccc65)c5ccccc45)cc3)ccc21)N1c2ccccc2N(c2ccccc2)c2ccccc21. The van der Waals surface area contributed by atoms with E-state index in [1.807, 2.05) is 0 Å². The number of rotatable bonds is 8. The first-order chi connectivity index (χ1) is 34.8. The topological polar surface area (TPSA) is 9.72 Å². The third-order valence-corrected chi connectivity index (χ3v) is 14.6. The van der Waals surface area contributed by atoms with Crippen LogP contribution in [0.25, 0.3) is 51.8 Å². The van der Waals surface area contributed by atoms with Gasteiger partial charge in [0.1, 0.15) is 0 Å². The molecule has 0 spiro atoms. The van der Waals surface area contributed by atoms with Crippen LogP contribution in [0.4, 0.5) is 45.5 Å². The van der Waals surface area contributed by atoms with E-state index in [1.165, 1.54) is 83.5 Å². The predicted octanol–water partition coefficient (Wildman–Crippen LogP) is 19.2. The molecule has 0 atom stereocenters. The van der Waals surface area contributed by atoms with Crippen molar-refractivity contribution in [3.05, 3.63) is 269 Å². The number of para-hydroxylation sites is 7. The van der Waals surface area contributed by atoms with Crippen molar-refractivity contribution >= 4 is 86.1 Å². The summed E-state index contributed by atoms with van der Waals surface area (Å²) in [6.45, 7) is 9.23. The Hall–Kier alpha value is -8.66. The Balaban J connectivity index is 0.821. The highest BCUT2D eigenvalue weighted by atomic mass is 15.3. The Morgan fingerprint density at radius 2 is 1.00 bits per heavy atom. The van der Waals surface area contributed by atoms with Gasteiger partial charge in [-0.1, -0.05) is 208 Å². The van der Waals surface area contributed by atoms with Crippen LogP contribution in [0.5, 0.6) is 0 Å². The predicted molar refractivity (Wildman–Crippen MR) is 305 cm³/mol. The third kappa shape index (κ3) is 7.81. The Kier molecular flexibility index (Phi) is 11.1. The van der Waals surface area contributed by atoms with E-state index in [-0.39, 0.29) is 5.41 Å². The van der Waals surface area contributed by atoms with E-state index in [0.29, 0.717) is 0 Å². The molecule has 9 aromatic carbocycles. The van der Waals surface area contributed by atoms with Gasteiger partial charge in [-0.15, -0.1) is 0 Å². The zero-order chi connectivity index (χ0) is 48.1. The molecule has 3 heteroatoms. The quantitative estimate of drug-likeness (QED) is 0.111. The first kappa shape index (κ1) is 43.6. The fourth-order valence-electron chi connectivity index (χ4n) is 11.3. The fraction of sp³-hybridized carbons (Fsp3) is 0.0882. The molecular formula is C68H55N3. The van der Waals surface area contributed by atoms with Gasteiger partial charge in [0.05, 0.1) is 39.8 Å². The zero-order valence-corrected chi connectivity index (χ0v) is 40.7. The zero-order valence-electron chi connectivity index (χ0n) is 40.7. The molecule has 0 aromatic heterocycles. The van der Waals surface area contributed by atoms with Gasteiger partial charge in [-0.05, 0) is 142 Å². The second-order valence-electron chi connectivity index (χ2n) is 19.5. The monoisotopic (exact) mass is 913 g/mol. The summed E-state index contributed by atoms with van der Waals surface area (Å²) in [7, 11) is 0. The summed E-state index contributed by atoms with van der Waals surface area (Å²) in [5, 5.41) is 2.45. The van der Waals surface area contributed by atoms with Crippen molar-refractivity contribution in [1.29, 1.82) is 0 Å². The molecule has 2 heterocycles. The number of nitrogens with zero attached hydrogens (tertiary/aromatic N) is 3. The Labute approximate surface area is 418 Å². The molecule has 71 heavy (non-hydrogen) atoms. The maximum absolute atomic E-state index is 2.43. The van der Waals surface area contributed by atoms with E-state index >= 15 is 0 Å². The standard InChI is InChI=1S/C68H55N3/c1-5-53(69-64-27-15-17-29-66(64)70(54-21-7-6-8-22-54)67-30-18-16-28-65(67)69)40-42-55-47(2)46-68(3,4)60-45-49(35-41-58(55)60)32-31-48-33-36-50(37-34-48)56-43-44-63(59-24-12-11-23-57(56)59)71-61-25-13-9-19-51(61)38-39-52-20-10-14-26-62(52)71/h5-45H,46H2,1-4H3/b32-31+,42-40-,53-5+. The minimum absolute atomic E-state index is 0.00741. The molecule has 0 saturated heterocycles. The smallest absolute Gasteiger partial charge is 0.0703 e. The lowest BCUT2D eigenvalue weighted by Crippen LogP contribution is -2.26. The van der Waals surface area contributed by atoms with Crippen molar-refractivity contribution < 1.29 is 0 Å². The van der Waals surface area contributed by atoms with E-state index in [0.717, 1.165) is 40.6 Å². The van der Waals surface area contributed by atoms with Crippen molar-refractivity contribution in [2.24, 2.45) is 0 Å². The number of fused-ring (bicyclic) bond motifs is 6. The molecule has 1 aliphatic carbocycles. The van der Waals surface area contributed by atoms with Crippen LogP contribution in [-0.4, -0.2) is 0 Å². The van der Waals surface area contributed by atoms with Gasteiger partial charge in [0.25, 0.3) is 0 Å². The number of benzene rings is 9. The molecule has 0 N–H and O–H groups in total. The molecule has 0 amide bonds. The van der Waals surface area contributed by atoms with Crippen LogP contribution in [0, 0.1) is 0 Å². The van der Waals surface area contributed by atoms with Crippen molar-refractivity contribution in [2.75, 3.05) is 14.7 Å². The molecule has 3 nitrogen and oxygen atoms in total. The summed E-state index contributed by atoms with van der Waals surface area (Å²) in [6, 6.07) is 75.0. The average Bonchev–Trinajstić information content (AvgIpc) is 3.58. The maximum atomic E-state index is 2.43. The van der Waals surface area contributed by atoms with Gasteiger partial charge in [-0.3, -0.25) is 0 Å². The second kappa shape index (κ2) is 18.0. The minimum Gasteiger partial charge on any atom is -0.309 e. The van der Waals surface area contributed by atoms with Crippen LogP contribution in [0.3, 0.4) is 0 Å². The first-order valence-corrected chi connectivity index (χ1v) is 24.8. The highest BCUT2D eigenvalue weighted by Crippen LogP contribution is 2.53. The normalized spacial score (nSPS) is 14.9. The largest absolute Gasteiger partial charge is 0.309 e. The molecule has 2 aliphatic heterocycles. The van der Waals surface area contributed by atoms with E-state index in [4.69, 9.17) is 0 Å². The van der Waals surface area contributed by atoms with Crippen LogP contribution in [0.2, 0.25) is 0 Å². The van der Waals surface area contributed by atoms with Gasteiger partial charge >= 0.3 is 0 Å². The van der Waals surface area contributed by atoms with Gasteiger partial charge in [-0.2, -0.15) is 0 Å². The molecule has 0 bridgehead atoms. The summed E-state index contributed by atoms with van der Waals surface area (Å²) < 4.78 is 0. The third-order valence-electron chi connectivity index (χ3n) is 14.6. The molecule has 0 saturated carbocycles. The number of hydrogen-bond acceptors (Lipinski definition) is 3. The molecule has 342 valence electrons. The molecular weight excluding hydrogens is 859 g/mol. The van der Waals surface area contributed by atoms with E-state index in [9.17, 15) is 0 Å². The lowest BCUT2D eigenvalue weighted by atomic mass is 9.70. The van der Waals surface area contributed by atoms with Crippen molar-refractivity contribution in [2.45, 2.75) is 39.5 Å². The Bertz CT molecular complexity index is 3580. The van der Waals surface area contributed by atoms with Gasteiger partial charge in [-0.25, -0.2) is 0 Å². The highest BCUT2D eigenvalue weighted by molar-refractivity contribution is 6.08. The van der Waals surface area contributed by atoms with Gasteiger partial charge < -0.3 is 14.7 Å². The van der Waals surface area contributed by atoms with Crippen LogP contribution in [0.1, 0.15) is 67.5 Å². The Morgan fingerprint density at radius 1 is 0.465 bits per heavy atom. The molecule has 3 aliphatic rings. The average molecular weight is 914 g/mol. The van der Waals surface area contributed by atoms with Gasteiger partial charge in [0.15, 0.2) is 0 Å². The Morgan fingerprint density at radius 3 is 1.65 bits per heavy atom. The van der Waals surface area contributed by atoms with Crippen LogP contribution in [-0.2, 0) is 5.41 Å². The molecule has 0 radical (unpaired) electrons. The fourth-order valence-corrected chi connectivity index (χ4v) is 11.3. The first-order valence-electron chi connectivity index (χ1n) is 24.8.